The van der Waals surface area contributed by atoms with Gasteiger partial charge in [-0.3, -0.25) is 4.99 Å². The van der Waals surface area contributed by atoms with E-state index in [9.17, 15) is 13.2 Å². The fourth-order valence-corrected chi connectivity index (χ4v) is 2.89. The Kier molecular flexibility index (Phi) is 6.78. The monoisotopic (exact) mass is 358 g/mol. The van der Waals surface area contributed by atoms with Crippen LogP contribution >= 0.6 is 0 Å². The number of halogens is 3. The SMILES string of the molecule is CN=C(NCCC(F)(F)F)NCC1CCN(c2ccccc2OC)C1. The van der Waals surface area contributed by atoms with Crippen LogP contribution in [0.5, 0.6) is 5.75 Å². The summed E-state index contributed by atoms with van der Waals surface area (Å²) in [5, 5.41) is 5.81. The maximum Gasteiger partial charge on any atom is 0.390 e. The summed E-state index contributed by atoms with van der Waals surface area (Å²) in [5.74, 6) is 1.65. The van der Waals surface area contributed by atoms with Gasteiger partial charge < -0.3 is 20.3 Å². The van der Waals surface area contributed by atoms with E-state index < -0.39 is 12.6 Å². The first-order valence-electron chi connectivity index (χ1n) is 8.32. The summed E-state index contributed by atoms with van der Waals surface area (Å²) < 4.78 is 42.0. The molecule has 5 nitrogen and oxygen atoms in total. The lowest BCUT2D eigenvalue weighted by atomic mass is 10.1. The van der Waals surface area contributed by atoms with Crippen molar-refractivity contribution < 1.29 is 17.9 Å². The summed E-state index contributed by atoms with van der Waals surface area (Å²) in [6.45, 7) is 2.28. The van der Waals surface area contributed by atoms with E-state index in [1.54, 1.807) is 14.2 Å². The Morgan fingerprint density at radius 1 is 1.32 bits per heavy atom. The highest BCUT2D eigenvalue weighted by atomic mass is 19.4. The van der Waals surface area contributed by atoms with E-state index in [4.69, 9.17) is 4.74 Å². The Bertz CT molecular complexity index is 577. The average molecular weight is 358 g/mol. The fraction of sp³-hybridized carbons (Fsp3) is 0.588. The molecule has 0 spiro atoms. The number of para-hydroxylation sites is 2. The van der Waals surface area contributed by atoms with Gasteiger partial charge in [-0.05, 0) is 24.5 Å². The number of guanidine groups is 1. The molecular formula is C17H25F3N4O. The van der Waals surface area contributed by atoms with Crippen LogP contribution in [0, 0.1) is 5.92 Å². The zero-order valence-corrected chi connectivity index (χ0v) is 14.6. The molecule has 1 fully saturated rings. The molecule has 1 saturated heterocycles. The first-order chi connectivity index (χ1) is 11.9. The minimum absolute atomic E-state index is 0.179. The third-order valence-electron chi connectivity index (χ3n) is 4.19. The van der Waals surface area contributed by atoms with E-state index in [2.05, 4.69) is 20.5 Å². The van der Waals surface area contributed by atoms with Crippen molar-refractivity contribution in [3.63, 3.8) is 0 Å². The summed E-state index contributed by atoms with van der Waals surface area (Å²) >= 11 is 0. The van der Waals surface area contributed by atoms with Crippen LogP contribution in [-0.4, -0.2) is 52.5 Å². The van der Waals surface area contributed by atoms with Crippen molar-refractivity contribution in [3.05, 3.63) is 24.3 Å². The lowest BCUT2D eigenvalue weighted by Crippen LogP contribution is -2.41. The molecule has 2 rings (SSSR count). The van der Waals surface area contributed by atoms with Crippen LogP contribution in [-0.2, 0) is 0 Å². The second-order valence-electron chi connectivity index (χ2n) is 6.02. The molecule has 25 heavy (non-hydrogen) atoms. The summed E-state index contributed by atoms with van der Waals surface area (Å²) in [7, 11) is 3.21. The van der Waals surface area contributed by atoms with Crippen molar-refractivity contribution >= 4 is 11.6 Å². The van der Waals surface area contributed by atoms with Gasteiger partial charge in [-0.15, -0.1) is 0 Å². The number of alkyl halides is 3. The number of hydrogen-bond acceptors (Lipinski definition) is 3. The van der Waals surface area contributed by atoms with Crippen molar-refractivity contribution in [2.24, 2.45) is 10.9 Å². The number of rotatable bonds is 6. The van der Waals surface area contributed by atoms with E-state index in [1.807, 2.05) is 24.3 Å². The molecule has 1 aliphatic heterocycles. The Morgan fingerprint density at radius 2 is 2.08 bits per heavy atom. The molecule has 0 radical (unpaired) electrons. The molecular weight excluding hydrogens is 333 g/mol. The number of nitrogens with one attached hydrogen (secondary N) is 2. The van der Waals surface area contributed by atoms with E-state index in [0.29, 0.717) is 18.4 Å². The number of ether oxygens (including phenoxy) is 1. The quantitative estimate of drug-likeness (QED) is 0.606. The maximum atomic E-state index is 12.2. The highest BCUT2D eigenvalue weighted by molar-refractivity contribution is 5.79. The zero-order valence-electron chi connectivity index (χ0n) is 14.6. The van der Waals surface area contributed by atoms with E-state index in [1.165, 1.54) is 0 Å². The second kappa shape index (κ2) is 8.82. The van der Waals surface area contributed by atoms with Crippen LogP contribution < -0.4 is 20.3 Å². The molecule has 0 bridgehead atoms. The predicted octanol–water partition coefficient (Wildman–Crippen LogP) is 2.64. The number of aliphatic imine (C=N–C) groups is 1. The normalized spacial score (nSPS) is 18.4. The summed E-state index contributed by atoms with van der Waals surface area (Å²) in [6.07, 6.45) is -4.03. The number of benzene rings is 1. The molecule has 0 aromatic heterocycles. The fourth-order valence-electron chi connectivity index (χ4n) is 2.89. The third kappa shape index (κ3) is 6.03. The maximum absolute atomic E-state index is 12.2. The van der Waals surface area contributed by atoms with Crippen LogP contribution in [0.1, 0.15) is 12.8 Å². The zero-order chi connectivity index (χ0) is 18.3. The Balaban J connectivity index is 1.78. The Hall–Kier alpha value is -2.12. The molecule has 8 heteroatoms. The van der Waals surface area contributed by atoms with Gasteiger partial charge in [0.2, 0.25) is 0 Å². The first kappa shape index (κ1) is 19.2. The van der Waals surface area contributed by atoms with Gasteiger partial charge >= 0.3 is 6.18 Å². The van der Waals surface area contributed by atoms with E-state index >= 15 is 0 Å². The van der Waals surface area contributed by atoms with Gasteiger partial charge in [0.1, 0.15) is 5.75 Å². The number of hydrogen-bond donors (Lipinski definition) is 2. The Labute approximate surface area is 146 Å². The molecule has 1 aromatic rings. The molecule has 0 amide bonds. The highest BCUT2D eigenvalue weighted by Crippen LogP contribution is 2.31. The second-order valence-corrected chi connectivity index (χ2v) is 6.02. The van der Waals surface area contributed by atoms with Crippen LogP contribution in [0.3, 0.4) is 0 Å². The molecule has 2 N–H and O–H groups in total. The average Bonchev–Trinajstić information content (AvgIpc) is 3.05. The van der Waals surface area contributed by atoms with Crippen molar-refractivity contribution in [1.29, 1.82) is 0 Å². The minimum Gasteiger partial charge on any atom is -0.495 e. The molecule has 1 atom stereocenters. The summed E-state index contributed by atoms with van der Waals surface area (Å²) in [5.41, 5.74) is 1.07. The first-order valence-corrected chi connectivity index (χ1v) is 8.32. The standard InChI is InChI=1S/C17H25F3N4O/c1-21-16(22-9-8-17(18,19)20)23-11-13-7-10-24(12-13)14-5-3-4-6-15(14)25-2/h3-6,13H,7-12H2,1-2H3,(H2,21,22,23). The van der Waals surface area contributed by atoms with Gasteiger partial charge in [0.05, 0.1) is 19.2 Å². The van der Waals surface area contributed by atoms with Gasteiger partial charge in [0.15, 0.2) is 5.96 Å². The van der Waals surface area contributed by atoms with Gasteiger partial charge in [0.25, 0.3) is 0 Å². The van der Waals surface area contributed by atoms with Crippen LogP contribution in [0.15, 0.2) is 29.3 Å². The van der Waals surface area contributed by atoms with Gasteiger partial charge in [-0.25, -0.2) is 0 Å². The summed E-state index contributed by atoms with van der Waals surface area (Å²) in [4.78, 5) is 6.24. The molecule has 1 aliphatic rings. The molecule has 1 unspecified atom stereocenters. The largest absolute Gasteiger partial charge is 0.495 e. The Morgan fingerprint density at radius 3 is 2.76 bits per heavy atom. The lowest BCUT2D eigenvalue weighted by molar-refractivity contribution is -0.132. The number of nitrogens with zero attached hydrogens (tertiary/aromatic N) is 2. The molecule has 1 aromatic carbocycles. The molecule has 140 valence electrons. The van der Waals surface area contributed by atoms with E-state index in [-0.39, 0.29) is 6.54 Å². The van der Waals surface area contributed by atoms with Crippen LogP contribution in [0.4, 0.5) is 18.9 Å². The summed E-state index contributed by atoms with van der Waals surface area (Å²) in [6, 6.07) is 7.89. The van der Waals surface area contributed by atoms with Crippen molar-refractivity contribution in [2.45, 2.75) is 19.0 Å². The van der Waals surface area contributed by atoms with Gasteiger partial charge in [-0.1, -0.05) is 12.1 Å². The third-order valence-corrected chi connectivity index (χ3v) is 4.19. The highest BCUT2D eigenvalue weighted by Gasteiger charge is 2.27. The van der Waals surface area contributed by atoms with Crippen molar-refractivity contribution in [3.8, 4) is 5.75 Å². The molecule has 0 aliphatic carbocycles. The van der Waals surface area contributed by atoms with E-state index in [0.717, 1.165) is 30.9 Å². The number of anilines is 1. The number of methoxy groups -OCH3 is 1. The van der Waals surface area contributed by atoms with Gasteiger partial charge in [-0.2, -0.15) is 13.2 Å². The smallest absolute Gasteiger partial charge is 0.390 e. The van der Waals surface area contributed by atoms with Gasteiger partial charge in [0, 0.05) is 33.2 Å². The lowest BCUT2D eigenvalue weighted by Gasteiger charge is -2.21. The van der Waals surface area contributed by atoms with Crippen molar-refractivity contribution in [2.75, 3.05) is 45.2 Å². The topological polar surface area (TPSA) is 48.9 Å². The predicted molar refractivity (Wildman–Crippen MR) is 93.4 cm³/mol. The van der Waals surface area contributed by atoms with Crippen molar-refractivity contribution in [1.82, 2.24) is 10.6 Å². The van der Waals surface area contributed by atoms with Crippen LogP contribution in [0.2, 0.25) is 0 Å². The minimum atomic E-state index is -4.16. The molecule has 1 heterocycles. The van der Waals surface area contributed by atoms with Crippen LogP contribution in [0.25, 0.3) is 0 Å². The molecule has 0 saturated carbocycles.